The van der Waals surface area contributed by atoms with Crippen LogP contribution in [0.5, 0.6) is 0 Å². The molecule has 2 aliphatic rings. The van der Waals surface area contributed by atoms with Crippen molar-refractivity contribution < 1.29 is 4.79 Å². The van der Waals surface area contributed by atoms with Gasteiger partial charge in [0.05, 0.1) is 30.3 Å². The highest BCUT2D eigenvalue weighted by Crippen LogP contribution is 2.29. The Bertz CT molecular complexity index is 919. The summed E-state index contributed by atoms with van der Waals surface area (Å²) in [5.74, 6) is 1.63. The molecular formula is C19H14N4O. The molecule has 2 aromatic rings. The van der Waals surface area contributed by atoms with Crippen LogP contribution in [-0.4, -0.2) is 35.4 Å². The average Bonchev–Trinajstić information content (AvgIpc) is 3.12. The topological polar surface area (TPSA) is 68.8 Å². The number of hydrogen-bond acceptors (Lipinski definition) is 5. The molecule has 0 fully saturated rings. The summed E-state index contributed by atoms with van der Waals surface area (Å²) in [6.07, 6.45) is 0.221. The van der Waals surface area contributed by atoms with E-state index in [2.05, 4.69) is 16.1 Å². The molecule has 0 atom stereocenters. The van der Waals surface area contributed by atoms with Crippen LogP contribution in [0.3, 0.4) is 0 Å². The van der Waals surface area contributed by atoms with E-state index >= 15 is 0 Å². The number of Topliss-reactive ketones (excluding diaryl/α,β-unsaturated/α-hetero) is 1. The molecule has 2 aliphatic heterocycles. The van der Waals surface area contributed by atoms with Gasteiger partial charge in [-0.25, -0.2) is 4.99 Å². The SMILES string of the molecule is N#Cc1ccc(C(=O)CC2=Nc3ccccc3C3=NCCN23)cc1. The van der Waals surface area contributed by atoms with E-state index in [1.54, 1.807) is 24.3 Å². The van der Waals surface area contributed by atoms with Crippen molar-refractivity contribution in [3.05, 3.63) is 65.2 Å². The van der Waals surface area contributed by atoms with E-state index in [1.807, 2.05) is 29.2 Å². The Hall–Kier alpha value is -3.26. The third kappa shape index (κ3) is 2.38. The maximum atomic E-state index is 12.6. The molecule has 5 heteroatoms. The molecule has 0 radical (unpaired) electrons. The van der Waals surface area contributed by atoms with Gasteiger partial charge >= 0.3 is 0 Å². The summed E-state index contributed by atoms with van der Waals surface area (Å²) in [6, 6.07) is 16.6. The zero-order valence-corrected chi connectivity index (χ0v) is 12.9. The fourth-order valence-corrected chi connectivity index (χ4v) is 3.00. The summed E-state index contributed by atoms with van der Waals surface area (Å²) in [4.78, 5) is 23.9. The van der Waals surface area contributed by atoms with Gasteiger partial charge in [-0.2, -0.15) is 5.26 Å². The molecule has 0 unspecified atom stereocenters. The summed E-state index contributed by atoms with van der Waals surface area (Å²) >= 11 is 0. The lowest BCUT2D eigenvalue weighted by Gasteiger charge is -2.27. The van der Waals surface area contributed by atoms with Crippen molar-refractivity contribution in [1.82, 2.24) is 4.90 Å². The number of rotatable bonds is 3. The molecule has 2 heterocycles. The van der Waals surface area contributed by atoms with Gasteiger partial charge in [0.1, 0.15) is 11.7 Å². The van der Waals surface area contributed by atoms with Crippen LogP contribution < -0.4 is 0 Å². The van der Waals surface area contributed by atoms with Gasteiger partial charge in [-0.15, -0.1) is 0 Å². The number of para-hydroxylation sites is 1. The molecule has 0 saturated heterocycles. The quantitative estimate of drug-likeness (QED) is 0.818. The van der Waals surface area contributed by atoms with Gasteiger partial charge in [0, 0.05) is 17.7 Å². The Kier molecular flexibility index (Phi) is 3.43. The molecule has 0 amide bonds. The van der Waals surface area contributed by atoms with Gasteiger partial charge in [-0.1, -0.05) is 24.3 Å². The van der Waals surface area contributed by atoms with E-state index in [4.69, 9.17) is 5.26 Å². The number of nitrogens with zero attached hydrogens (tertiary/aromatic N) is 4. The molecule has 5 nitrogen and oxygen atoms in total. The molecule has 116 valence electrons. The standard InChI is InChI=1S/C19H14N4O/c20-12-13-5-7-14(8-6-13)17(24)11-18-22-16-4-2-1-3-15(16)19-21-9-10-23(18)19/h1-8H,9-11H2. The number of nitriles is 1. The van der Waals surface area contributed by atoms with Crippen LogP contribution in [0.15, 0.2) is 58.5 Å². The van der Waals surface area contributed by atoms with E-state index in [-0.39, 0.29) is 12.2 Å². The third-order valence-electron chi connectivity index (χ3n) is 4.20. The lowest BCUT2D eigenvalue weighted by molar-refractivity contribution is 0.0998. The largest absolute Gasteiger partial charge is 0.312 e. The number of fused-ring (bicyclic) bond motifs is 3. The van der Waals surface area contributed by atoms with Crippen molar-refractivity contribution in [2.24, 2.45) is 9.98 Å². The van der Waals surface area contributed by atoms with Crippen LogP contribution in [-0.2, 0) is 0 Å². The van der Waals surface area contributed by atoms with Gasteiger partial charge in [0.15, 0.2) is 5.78 Å². The normalized spacial score (nSPS) is 15.0. The Labute approximate surface area is 139 Å². The molecule has 2 aromatic carbocycles. The van der Waals surface area contributed by atoms with Gasteiger partial charge < -0.3 is 4.90 Å². The summed E-state index contributed by atoms with van der Waals surface area (Å²) < 4.78 is 0. The van der Waals surface area contributed by atoms with Crippen molar-refractivity contribution in [2.45, 2.75) is 6.42 Å². The van der Waals surface area contributed by atoms with Crippen LogP contribution in [0.4, 0.5) is 5.69 Å². The minimum absolute atomic E-state index is 0.0103. The second-order valence-corrected chi connectivity index (χ2v) is 5.69. The first-order valence-electron chi connectivity index (χ1n) is 7.78. The van der Waals surface area contributed by atoms with E-state index in [0.29, 0.717) is 17.7 Å². The molecular weight excluding hydrogens is 300 g/mol. The van der Waals surface area contributed by atoms with Crippen molar-refractivity contribution in [3.8, 4) is 6.07 Å². The summed E-state index contributed by atoms with van der Waals surface area (Å²) in [5.41, 5.74) is 3.01. The highest BCUT2D eigenvalue weighted by molar-refractivity contribution is 6.20. The number of ketones is 1. The highest BCUT2D eigenvalue weighted by atomic mass is 16.1. The summed E-state index contributed by atoms with van der Waals surface area (Å²) in [7, 11) is 0. The predicted octanol–water partition coefficient (Wildman–Crippen LogP) is 2.94. The average molecular weight is 314 g/mol. The van der Waals surface area contributed by atoms with Crippen LogP contribution in [0.1, 0.15) is 27.9 Å². The molecule has 0 bridgehead atoms. The van der Waals surface area contributed by atoms with Crippen LogP contribution >= 0.6 is 0 Å². The Morgan fingerprint density at radius 2 is 1.96 bits per heavy atom. The molecule has 0 aromatic heterocycles. The first-order valence-corrected chi connectivity index (χ1v) is 7.78. The first-order chi connectivity index (χ1) is 11.8. The lowest BCUT2D eigenvalue weighted by atomic mass is 10.0. The Morgan fingerprint density at radius 1 is 1.17 bits per heavy atom. The van der Waals surface area contributed by atoms with Gasteiger partial charge in [-0.05, 0) is 24.3 Å². The molecule has 0 spiro atoms. The third-order valence-corrected chi connectivity index (χ3v) is 4.20. The van der Waals surface area contributed by atoms with E-state index in [1.165, 1.54) is 0 Å². The Morgan fingerprint density at radius 3 is 2.75 bits per heavy atom. The van der Waals surface area contributed by atoms with Crippen molar-refractivity contribution >= 4 is 23.1 Å². The highest BCUT2D eigenvalue weighted by Gasteiger charge is 2.30. The zero-order chi connectivity index (χ0) is 16.5. The number of amidine groups is 2. The number of carbonyl (C=O) groups is 1. The second-order valence-electron chi connectivity index (χ2n) is 5.69. The minimum Gasteiger partial charge on any atom is -0.312 e. The fraction of sp³-hybridized carbons (Fsp3) is 0.158. The zero-order valence-electron chi connectivity index (χ0n) is 12.9. The maximum Gasteiger partial charge on any atom is 0.170 e. The van der Waals surface area contributed by atoms with Gasteiger partial charge in [0.25, 0.3) is 0 Å². The number of benzene rings is 2. The molecule has 0 saturated carbocycles. The van der Waals surface area contributed by atoms with Crippen LogP contribution in [0.2, 0.25) is 0 Å². The number of carbonyl (C=O) groups excluding carboxylic acids is 1. The number of aliphatic imine (C=N–C) groups is 2. The maximum absolute atomic E-state index is 12.6. The summed E-state index contributed by atoms with van der Waals surface area (Å²) in [6.45, 7) is 1.47. The summed E-state index contributed by atoms with van der Waals surface area (Å²) in [5, 5.41) is 8.85. The smallest absolute Gasteiger partial charge is 0.170 e. The van der Waals surface area contributed by atoms with Crippen LogP contribution in [0, 0.1) is 11.3 Å². The van der Waals surface area contributed by atoms with Gasteiger partial charge in [-0.3, -0.25) is 9.79 Å². The van der Waals surface area contributed by atoms with Crippen molar-refractivity contribution in [3.63, 3.8) is 0 Å². The van der Waals surface area contributed by atoms with E-state index in [9.17, 15) is 4.79 Å². The second kappa shape index (κ2) is 5.74. The fourth-order valence-electron chi connectivity index (χ4n) is 3.00. The molecule has 24 heavy (non-hydrogen) atoms. The van der Waals surface area contributed by atoms with Crippen LogP contribution in [0.25, 0.3) is 0 Å². The predicted molar refractivity (Wildman–Crippen MR) is 91.8 cm³/mol. The Balaban J connectivity index is 1.64. The van der Waals surface area contributed by atoms with Gasteiger partial charge in [0.2, 0.25) is 0 Å². The van der Waals surface area contributed by atoms with Crippen molar-refractivity contribution in [1.29, 1.82) is 5.26 Å². The first kappa shape index (κ1) is 14.3. The van der Waals surface area contributed by atoms with E-state index < -0.39 is 0 Å². The molecule has 0 N–H and O–H groups in total. The van der Waals surface area contributed by atoms with Crippen molar-refractivity contribution in [2.75, 3.05) is 13.1 Å². The molecule has 4 rings (SSSR count). The minimum atomic E-state index is -0.0103. The number of hydrogen-bond donors (Lipinski definition) is 0. The molecule has 0 aliphatic carbocycles. The van der Waals surface area contributed by atoms with E-state index in [0.717, 1.165) is 29.5 Å². The monoisotopic (exact) mass is 314 g/mol. The lowest BCUT2D eigenvalue weighted by Crippen LogP contribution is -2.38.